The summed E-state index contributed by atoms with van der Waals surface area (Å²) in [5.74, 6) is 0. The number of hydrogen-bond donors (Lipinski definition) is 1. The summed E-state index contributed by atoms with van der Waals surface area (Å²) in [6, 6.07) is 0. The van der Waals surface area contributed by atoms with Crippen LogP contribution in [-0.4, -0.2) is 14.9 Å². The molecule has 4 heteroatoms. The van der Waals surface area contributed by atoms with E-state index in [0.29, 0.717) is 0 Å². The molecule has 0 bridgehead atoms. The first kappa shape index (κ1) is 13.7. The van der Waals surface area contributed by atoms with Crippen LogP contribution in [0.5, 0.6) is 0 Å². The molecule has 1 unspecified atom stereocenters. The molecule has 0 aromatic carbocycles. The quantitative estimate of drug-likeness (QED) is 0.778. The van der Waals surface area contributed by atoms with E-state index in [1.807, 2.05) is 4.68 Å². The van der Waals surface area contributed by atoms with Crippen LogP contribution in [0, 0.1) is 0 Å². The summed E-state index contributed by atoms with van der Waals surface area (Å²) in [5.41, 5.74) is 0.929. The molecule has 0 fully saturated rings. The second-order valence-corrected chi connectivity index (χ2v) is 4.97. The van der Waals surface area contributed by atoms with E-state index in [1.165, 1.54) is 12.8 Å². The van der Waals surface area contributed by atoms with Crippen molar-refractivity contribution in [3.05, 3.63) is 16.4 Å². The number of nitrogens with zero attached hydrogens (tertiary/aromatic N) is 2. The second-order valence-electron chi connectivity index (χ2n) is 4.11. The van der Waals surface area contributed by atoms with Crippen molar-refractivity contribution in [3.8, 4) is 0 Å². The lowest BCUT2D eigenvalue weighted by atomic mass is 10.1. The molecule has 3 nitrogen and oxygen atoms in total. The summed E-state index contributed by atoms with van der Waals surface area (Å²) in [6.45, 7) is 5.15. The number of aromatic nitrogens is 2. The monoisotopic (exact) mass is 288 g/mol. The van der Waals surface area contributed by atoms with Crippen LogP contribution >= 0.6 is 15.9 Å². The molecule has 16 heavy (non-hydrogen) atoms. The average molecular weight is 289 g/mol. The molecule has 1 N–H and O–H groups in total. The Hall–Kier alpha value is -0.350. The minimum absolute atomic E-state index is 0.394. The van der Waals surface area contributed by atoms with Crippen molar-refractivity contribution in [2.45, 2.75) is 58.6 Å². The lowest BCUT2D eigenvalue weighted by Crippen LogP contribution is -2.09. The Kier molecular flexibility index (Phi) is 6.06. The fourth-order valence-electron chi connectivity index (χ4n) is 1.82. The van der Waals surface area contributed by atoms with Crippen LogP contribution in [0.25, 0.3) is 0 Å². The largest absolute Gasteiger partial charge is 0.387 e. The number of aliphatic hydroxyl groups excluding tert-OH is 1. The van der Waals surface area contributed by atoms with Gasteiger partial charge < -0.3 is 5.11 Å². The van der Waals surface area contributed by atoms with Gasteiger partial charge in [-0.3, -0.25) is 4.68 Å². The maximum atomic E-state index is 10.1. The summed E-state index contributed by atoms with van der Waals surface area (Å²) in [5, 5.41) is 14.4. The fourth-order valence-corrected chi connectivity index (χ4v) is 2.38. The zero-order chi connectivity index (χ0) is 12.0. The van der Waals surface area contributed by atoms with Gasteiger partial charge in [-0.25, -0.2) is 0 Å². The van der Waals surface area contributed by atoms with E-state index in [1.54, 1.807) is 6.20 Å². The van der Waals surface area contributed by atoms with Gasteiger partial charge in [-0.05, 0) is 28.8 Å². The van der Waals surface area contributed by atoms with Crippen molar-refractivity contribution in [1.29, 1.82) is 0 Å². The Bertz CT molecular complexity index is 312. The standard InChI is InChI=1S/C12H21BrN2O/c1-3-5-6-7-11(16)12-10(13)9-14-15(12)8-4-2/h9,11,16H,3-8H2,1-2H3. The highest BCUT2D eigenvalue weighted by Gasteiger charge is 2.16. The van der Waals surface area contributed by atoms with Gasteiger partial charge in [0, 0.05) is 6.54 Å². The molecule has 0 spiro atoms. The molecule has 0 saturated heterocycles. The van der Waals surface area contributed by atoms with Crippen LogP contribution in [0.1, 0.15) is 57.7 Å². The zero-order valence-corrected chi connectivity index (χ0v) is 11.7. The molecule has 0 saturated carbocycles. The average Bonchev–Trinajstić information content (AvgIpc) is 2.61. The Balaban J connectivity index is 2.65. The number of unbranched alkanes of at least 4 members (excludes halogenated alkanes) is 2. The van der Waals surface area contributed by atoms with E-state index >= 15 is 0 Å². The first-order valence-corrected chi connectivity index (χ1v) is 6.89. The normalized spacial score (nSPS) is 13.0. The van der Waals surface area contributed by atoms with Crippen molar-refractivity contribution in [3.63, 3.8) is 0 Å². The van der Waals surface area contributed by atoms with Crippen LogP contribution in [0.3, 0.4) is 0 Å². The molecule has 92 valence electrons. The van der Waals surface area contributed by atoms with Gasteiger partial charge in [0.25, 0.3) is 0 Å². The summed E-state index contributed by atoms with van der Waals surface area (Å²) in [6.07, 6.45) is 6.66. The van der Waals surface area contributed by atoms with Gasteiger partial charge in [-0.2, -0.15) is 5.10 Å². The SMILES string of the molecule is CCCCCC(O)c1c(Br)cnn1CCC. The molecule has 1 heterocycles. The van der Waals surface area contributed by atoms with Crippen molar-refractivity contribution in [2.75, 3.05) is 0 Å². The molecule has 0 aliphatic heterocycles. The number of aliphatic hydroxyl groups is 1. The number of hydrogen-bond acceptors (Lipinski definition) is 2. The number of aryl methyl sites for hydroxylation is 1. The van der Waals surface area contributed by atoms with Gasteiger partial charge in [-0.1, -0.05) is 33.1 Å². The molecule has 0 amide bonds. The van der Waals surface area contributed by atoms with E-state index in [2.05, 4.69) is 34.9 Å². The van der Waals surface area contributed by atoms with E-state index in [-0.39, 0.29) is 0 Å². The third kappa shape index (κ3) is 3.59. The summed E-state index contributed by atoms with van der Waals surface area (Å²) in [7, 11) is 0. The topological polar surface area (TPSA) is 38.1 Å². The lowest BCUT2D eigenvalue weighted by molar-refractivity contribution is 0.151. The van der Waals surface area contributed by atoms with Crippen molar-refractivity contribution < 1.29 is 5.11 Å². The number of rotatable bonds is 7. The summed E-state index contributed by atoms with van der Waals surface area (Å²) in [4.78, 5) is 0. The van der Waals surface area contributed by atoms with E-state index < -0.39 is 6.10 Å². The van der Waals surface area contributed by atoms with Crippen LogP contribution in [0.15, 0.2) is 10.7 Å². The van der Waals surface area contributed by atoms with Crippen LogP contribution in [0.2, 0.25) is 0 Å². The maximum Gasteiger partial charge on any atom is 0.0968 e. The maximum absolute atomic E-state index is 10.1. The molecule has 0 radical (unpaired) electrons. The molecule has 0 aliphatic carbocycles. The van der Waals surface area contributed by atoms with Crippen molar-refractivity contribution >= 4 is 15.9 Å². The lowest BCUT2D eigenvalue weighted by Gasteiger charge is -2.13. The van der Waals surface area contributed by atoms with E-state index in [4.69, 9.17) is 0 Å². The predicted molar refractivity (Wildman–Crippen MR) is 69.3 cm³/mol. The minimum Gasteiger partial charge on any atom is -0.387 e. The van der Waals surface area contributed by atoms with Crippen LogP contribution in [-0.2, 0) is 6.54 Å². The van der Waals surface area contributed by atoms with Gasteiger partial charge in [-0.15, -0.1) is 0 Å². The first-order chi connectivity index (χ1) is 7.70. The molecule has 0 aliphatic rings. The smallest absolute Gasteiger partial charge is 0.0968 e. The van der Waals surface area contributed by atoms with Crippen LogP contribution < -0.4 is 0 Å². The highest BCUT2D eigenvalue weighted by atomic mass is 79.9. The van der Waals surface area contributed by atoms with E-state index in [0.717, 1.165) is 36.0 Å². The van der Waals surface area contributed by atoms with Gasteiger partial charge >= 0.3 is 0 Å². The number of halogens is 1. The first-order valence-electron chi connectivity index (χ1n) is 6.10. The van der Waals surface area contributed by atoms with Gasteiger partial charge in [0.2, 0.25) is 0 Å². The molecule has 1 aromatic heterocycles. The fraction of sp³-hybridized carbons (Fsp3) is 0.750. The third-order valence-electron chi connectivity index (χ3n) is 2.67. The van der Waals surface area contributed by atoms with E-state index in [9.17, 15) is 5.11 Å². The predicted octanol–water partition coefficient (Wildman–Crippen LogP) is 3.67. The summed E-state index contributed by atoms with van der Waals surface area (Å²) >= 11 is 3.45. The Morgan fingerprint density at radius 1 is 1.38 bits per heavy atom. The zero-order valence-electron chi connectivity index (χ0n) is 10.1. The van der Waals surface area contributed by atoms with Crippen LogP contribution in [0.4, 0.5) is 0 Å². The Labute approximate surface area is 106 Å². The summed E-state index contributed by atoms with van der Waals surface area (Å²) < 4.78 is 2.82. The highest BCUT2D eigenvalue weighted by molar-refractivity contribution is 9.10. The Morgan fingerprint density at radius 2 is 2.12 bits per heavy atom. The molecular weight excluding hydrogens is 268 g/mol. The second kappa shape index (κ2) is 7.07. The minimum atomic E-state index is -0.394. The van der Waals surface area contributed by atoms with Gasteiger partial charge in [0.1, 0.15) is 0 Å². The van der Waals surface area contributed by atoms with Crippen molar-refractivity contribution in [2.24, 2.45) is 0 Å². The van der Waals surface area contributed by atoms with Crippen molar-refractivity contribution in [1.82, 2.24) is 9.78 Å². The molecule has 1 atom stereocenters. The van der Waals surface area contributed by atoms with Gasteiger partial charge in [0.05, 0.1) is 22.5 Å². The third-order valence-corrected chi connectivity index (χ3v) is 3.28. The Morgan fingerprint density at radius 3 is 2.75 bits per heavy atom. The highest BCUT2D eigenvalue weighted by Crippen LogP contribution is 2.27. The molecular formula is C12H21BrN2O. The molecule has 1 aromatic rings. The molecule has 1 rings (SSSR count). The van der Waals surface area contributed by atoms with Gasteiger partial charge in [0.15, 0.2) is 0 Å².